The molecule has 158 valence electrons. The largest absolute Gasteiger partial charge is 0.497 e. The lowest BCUT2D eigenvalue weighted by Crippen LogP contribution is -2.31. The van der Waals surface area contributed by atoms with Crippen LogP contribution in [0.3, 0.4) is 0 Å². The third-order valence-electron chi connectivity index (χ3n) is 3.79. The first-order valence-corrected chi connectivity index (χ1v) is 9.47. The summed E-state index contributed by atoms with van der Waals surface area (Å²) in [7, 11) is 5.28. The zero-order chi connectivity index (χ0) is 21.4. The Morgan fingerprint density at radius 1 is 1.34 bits per heavy atom. The van der Waals surface area contributed by atoms with E-state index in [4.69, 9.17) is 9.47 Å². The molecule has 2 rings (SSSR count). The number of carbonyl (C=O) groups is 2. The third kappa shape index (κ3) is 6.57. The van der Waals surface area contributed by atoms with Crippen molar-refractivity contribution in [3.05, 3.63) is 35.1 Å². The maximum Gasteiger partial charge on any atom is 0.344 e. The van der Waals surface area contributed by atoms with Gasteiger partial charge in [0, 0.05) is 18.2 Å². The van der Waals surface area contributed by atoms with Crippen molar-refractivity contribution < 1.29 is 28.6 Å². The van der Waals surface area contributed by atoms with Gasteiger partial charge >= 0.3 is 12.0 Å². The smallest absolute Gasteiger partial charge is 0.344 e. The van der Waals surface area contributed by atoms with Crippen LogP contribution in [0.15, 0.2) is 18.2 Å². The number of halogens is 1. The minimum atomic E-state index is -1.31. The molecule has 0 atom stereocenters. The average Bonchev–Trinajstić information content (AvgIpc) is 3.06. The van der Waals surface area contributed by atoms with Gasteiger partial charge in [0.1, 0.15) is 23.2 Å². The maximum atomic E-state index is 14.0. The number of aromatic carboxylic acids is 1. The Hall–Kier alpha value is -2.92. The number of anilines is 1. The molecule has 0 aliphatic rings. The first-order valence-electron chi connectivity index (χ1n) is 8.69. The van der Waals surface area contributed by atoms with Crippen LogP contribution in [0.2, 0.25) is 0 Å². The van der Waals surface area contributed by atoms with Gasteiger partial charge in [-0.1, -0.05) is 0 Å². The van der Waals surface area contributed by atoms with Gasteiger partial charge in [0.05, 0.1) is 7.11 Å². The molecule has 0 radical (unpaired) electrons. The quantitative estimate of drug-likeness (QED) is 0.501. The number of benzene rings is 1. The Bertz CT molecular complexity index is 859. The Labute approximate surface area is 171 Å². The van der Waals surface area contributed by atoms with Gasteiger partial charge in [0.25, 0.3) is 0 Å². The summed E-state index contributed by atoms with van der Waals surface area (Å²) in [4.78, 5) is 25.6. The summed E-state index contributed by atoms with van der Waals surface area (Å²) in [6.07, 6.45) is 0.747. The van der Waals surface area contributed by atoms with E-state index in [1.165, 1.54) is 19.2 Å². The predicted molar refractivity (Wildman–Crippen MR) is 107 cm³/mol. The summed E-state index contributed by atoms with van der Waals surface area (Å²) in [5.41, 5.74) is -0.0735. The van der Waals surface area contributed by atoms with Gasteiger partial charge in [0.15, 0.2) is 5.56 Å². The van der Waals surface area contributed by atoms with Crippen molar-refractivity contribution >= 4 is 28.5 Å². The Morgan fingerprint density at radius 3 is 2.72 bits per heavy atom. The fraction of sp³-hybridized carbons (Fsp3) is 0.389. The van der Waals surface area contributed by atoms with Gasteiger partial charge in [-0.05, 0) is 50.7 Å². The van der Waals surface area contributed by atoms with Crippen molar-refractivity contribution in [3.63, 3.8) is 0 Å². The lowest BCUT2D eigenvalue weighted by Gasteiger charge is -2.10. The first-order chi connectivity index (χ1) is 13.8. The molecule has 0 fully saturated rings. The van der Waals surface area contributed by atoms with Crippen LogP contribution in [-0.4, -0.2) is 60.7 Å². The summed E-state index contributed by atoms with van der Waals surface area (Å²) >= 11 is 0.773. The molecule has 0 aliphatic heterocycles. The van der Waals surface area contributed by atoms with E-state index in [0.717, 1.165) is 24.5 Å². The van der Waals surface area contributed by atoms with Crippen molar-refractivity contribution in [2.75, 3.05) is 39.6 Å². The van der Waals surface area contributed by atoms with Crippen LogP contribution in [0.25, 0.3) is 0 Å². The molecule has 0 aliphatic carbocycles. The van der Waals surface area contributed by atoms with E-state index >= 15 is 0 Å². The third-order valence-corrected chi connectivity index (χ3v) is 4.54. The molecule has 11 heteroatoms. The van der Waals surface area contributed by atoms with E-state index < -0.39 is 17.8 Å². The molecule has 29 heavy (non-hydrogen) atoms. The minimum absolute atomic E-state index is 0.0350. The fourth-order valence-electron chi connectivity index (χ4n) is 2.31. The van der Waals surface area contributed by atoms with Crippen LogP contribution in [0.1, 0.15) is 22.3 Å². The van der Waals surface area contributed by atoms with Gasteiger partial charge in [-0.2, -0.15) is 4.37 Å². The summed E-state index contributed by atoms with van der Waals surface area (Å²) in [6.45, 7) is 1.02. The maximum absolute atomic E-state index is 14.0. The molecule has 1 heterocycles. The number of rotatable bonds is 10. The summed E-state index contributed by atoms with van der Waals surface area (Å²) in [5, 5.41) is 14.6. The fourth-order valence-corrected chi connectivity index (χ4v) is 3.03. The SMILES string of the molecule is COc1ccc(COc2nsc(NC(=O)NCCCN(C)C)c2C(=O)O)c(F)c1. The Kier molecular flexibility index (Phi) is 8.16. The second kappa shape index (κ2) is 10.6. The van der Waals surface area contributed by atoms with Crippen LogP contribution in [-0.2, 0) is 6.61 Å². The van der Waals surface area contributed by atoms with Gasteiger partial charge in [0.2, 0.25) is 5.88 Å². The number of carbonyl (C=O) groups excluding carboxylic acids is 1. The van der Waals surface area contributed by atoms with Gasteiger partial charge in [-0.3, -0.25) is 5.32 Å². The monoisotopic (exact) mass is 426 g/mol. The Balaban J connectivity index is 2.01. The van der Waals surface area contributed by atoms with Crippen molar-refractivity contribution in [2.45, 2.75) is 13.0 Å². The van der Waals surface area contributed by atoms with Crippen LogP contribution < -0.4 is 20.1 Å². The number of urea groups is 1. The van der Waals surface area contributed by atoms with E-state index in [-0.39, 0.29) is 28.6 Å². The molecule has 0 spiro atoms. The molecule has 1 aromatic heterocycles. The van der Waals surface area contributed by atoms with Crippen LogP contribution in [0.4, 0.5) is 14.2 Å². The standard InChI is InChI=1S/C18H23FN4O5S/c1-23(2)8-4-7-20-18(26)21-16-14(17(24)25)15(22-29-16)28-10-11-5-6-12(27-3)9-13(11)19/h5-6,9H,4,7-8,10H2,1-3H3,(H,24,25)(H2,20,21,26). The predicted octanol–water partition coefficient (Wildman–Crippen LogP) is 2.64. The minimum Gasteiger partial charge on any atom is -0.497 e. The number of methoxy groups -OCH3 is 1. The number of hydrogen-bond donors (Lipinski definition) is 3. The highest BCUT2D eigenvalue weighted by molar-refractivity contribution is 7.11. The summed E-state index contributed by atoms with van der Waals surface area (Å²) in [5.74, 6) is -1.70. The molecule has 1 aromatic carbocycles. The number of hydrogen-bond acceptors (Lipinski definition) is 7. The van der Waals surface area contributed by atoms with Crippen molar-refractivity contribution in [1.29, 1.82) is 0 Å². The molecule has 2 aromatic rings. The van der Waals surface area contributed by atoms with E-state index in [0.29, 0.717) is 12.3 Å². The van der Waals surface area contributed by atoms with Crippen LogP contribution in [0, 0.1) is 5.82 Å². The lowest BCUT2D eigenvalue weighted by atomic mass is 10.2. The normalized spacial score (nSPS) is 10.7. The second-order valence-electron chi connectivity index (χ2n) is 6.28. The van der Waals surface area contributed by atoms with E-state index in [9.17, 15) is 19.1 Å². The van der Waals surface area contributed by atoms with Crippen molar-refractivity contribution in [3.8, 4) is 11.6 Å². The number of aromatic nitrogens is 1. The lowest BCUT2D eigenvalue weighted by molar-refractivity contribution is 0.0693. The molecule has 0 unspecified atom stereocenters. The highest BCUT2D eigenvalue weighted by atomic mass is 32.1. The zero-order valence-electron chi connectivity index (χ0n) is 16.3. The molecule has 0 bridgehead atoms. The number of carboxylic acids is 1. The second-order valence-corrected chi connectivity index (χ2v) is 7.05. The highest BCUT2D eigenvalue weighted by Crippen LogP contribution is 2.31. The van der Waals surface area contributed by atoms with E-state index in [1.807, 2.05) is 19.0 Å². The molecule has 3 N–H and O–H groups in total. The molecular weight excluding hydrogens is 403 g/mol. The van der Waals surface area contributed by atoms with Crippen molar-refractivity contribution in [1.82, 2.24) is 14.6 Å². The number of ether oxygens (including phenoxy) is 2. The van der Waals surface area contributed by atoms with E-state index in [2.05, 4.69) is 15.0 Å². The van der Waals surface area contributed by atoms with Gasteiger partial charge in [-0.25, -0.2) is 14.0 Å². The molecule has 9 nitrogen and oxygen atoms in total. The highest BCUT2D eigenvalue weighted by Gasteiger charge is 2.23. The summed E-state index contributed by atoms with van der Waals surface area (Å²) in [6, 6.07) is 3.70. The number of nitrogens with zero attached hydrogens (tertiary/aromatic N) is 2. The average molecular weight is 426 g/mol. The number of carboxylic acid groups (broad SMARTS) is 1. The number of amides is 2. The van der Waals surface area contributed by atoms with E-state index in [1.54, 1.807) is 6.07 Å². The van der Waals surface area contributed by atoms with Gasteiger partial charge in [-0.15, -0.1) is 0 Å². The first kappa shape index (κ1) is 22.4. The zero-order valence-corrected chi connectivity index (χ0v) is 17.1. The van der Waals surface area contributed by atoms with Crippen LogP contribution >= 0.6 is 11.5 Å². The summed E-state index contributed by atoms with van der Waals surface area (Å²) < 4.78 is 28.3. The van der Waals surface area contributed by atoms with Crippen LogP contribution in [0.5, 0.6) is 11.6 Å². The molecule has 0 saturated carbocycles. The van der Waals surface area contributed by atoms with Crippen molar-refractivity contribution in [2.24, 2.45) is 0 Å². The molecule has 0 saturated heterocycles. The molecule has 2 amide bonds. The van der Waals surface area contributed by atoms with Gasteiger partial charge < -0.3 is 24.8 Å². The molecular formula is C18H23FN4O5S. The Morgan fingerprint density at radius 2 is 2.10 bits per heavy atom. The topological polar surface area (TPSA) is 113 Å². The number of nitrogens with one attached hydrogen (secondary N) is 2.